The van der Waals surface area contributed by atoms with Crippen molar-refractivity contribution in [3.05, 3.63) is 46.9 Å². The van der Waals surface area contributed by atoms with Gasteiger partial charge in [0.15, 0.2) is 5.16 Å². The SMILES string of the molecule is CSc1nc(=O)c(Nc2ccccc2)cn1CCOC(C)C. The zero-order valence-corrected chi connectivity index (χ0v) is 13.9. The molecule has 0 spiro atoms. The fraction of sp³-hybridized carbons (Fsp3) is 0.375. The second-order valence-corrected chi connectivity index (χ2v) is 5.82. The molecule has 1 heterocycles. The highest BCUT2D eigenvalue weighted by Crippen LogP contribution is 2.16. The molecule has 5 nitrogen and oxygen atoms in total. The van der Waals surface area contributed by atoms with E-state index in [4.69, 9.17) is 4.74 Å². The van der Waals surface area contributed by atoms with Crippen LogP contribution < -0.4 is 10.9 Å². The topological polar surface area (TPSA) is 56.2 Å². The molecule has 118 valence electrons. The molecule has 1 N–H and O–H groups in total. The van der Waals surface area contributed by atoms with E-state index in [2.05, 4.69) is 10.3 Å². The molecule has 0 radical (unpaired) electrons. The number of para-hydroxylation sites is 1. The number of rotatable bonds is 7. The number of ether oxygens (including phenoxy) is 1. The number of anilines is 2. The number of hydrogen-bond donors (Lipinski definition) is 1. The predicted molar refractivity (Wildman–Crippen MR) is 91.1 cm³/mol. The van der Waals surface area contributed by atoms with Crippen molar-refractivity contribution in [1.29, 1.82) is 0 Å². The van der Waals surface area contributed by atoms with Gasteiger partial charge in [-0.15, -0.1) is 0 Å². The number of nitrogens with one attached hydrogen (secondary N) is 1. The second kappa shape index (κ2) is 8.00. The Morgan fingerprint density at radius 2 is 2.05 bits per heavy atom. The van der Waals surface area contributed by atoms with Crippen LogP contribution in [0.1, 0.15) is 13.8 Å². The maximum absolute atomic E-state index is 12.1. The molecule has 2 rings (SSSR count). The van der Waals surface area contributed by atoms with Gasteiger partial charge in [0.25, 0.3) is 5.56 Å². The molecular weight excluding hydrogens is 298 g/mol. The van der Waals surface area contributed by atoms with E-state index in [1.807, 2.05) is 55.0 Å². The highest BCUT2D eigenvalue weighted by molar-refractivity contribution is 7.98. The Morgan fingerprint density at radius 1 is 1.32 bits per heavy atom. The Labute approximate surface area is 134 Å². The van der Waals surface area contributed by atoms with Gasteiger partial charge >= 0.3 is 0 Å². The molecule has 0 saturated heterocycles. The van der Waals surface area contributed by atoms with Gasteiger partial charge in [0.2, 0.25) is 0 Å². The molecular formula is C16H21N3O2S. The average Bonchev–Trinajstić information content (AvgIpc) is 2.50. The highest BCUT2D eigenvalue weighted by Gasteiger charge is 2.08. The van der Waals surface area contributed by atoms with Crippen molar-refractivity contribution in [2.24, 2.45) is 0 Å². The Morgan fingerprint density at radius 3 is 2.68 bits per heavy atom. The van der Waals surface area contributed by atoms with Gasteiger partial charge in [-0.05, 0) is 32.2 Å². The van der Waals surface area contributed by atoms with Crippen molar-refractivity contribution < 1.29 is 4.74 Å². The summed E-state index contributed by atoms with van der Waals surface area (Å²) >= 11 is 1.45. The van der Waals surface area contributed by atoms with Crippen molar-refractivity contribution in [1.82, 2.24) is 9.55 Å². The summed E-state index contributed by atoms with van der Waals surface area (Å²) in [7, 11) is 0. The first-order valence-electron chi connectivity index (χ1n) is 7.19. The summed E-state index contributed by atoms with van der Waals surface area (Å²) in [6.45, 7) is 5.24. The van der Waals surface area contributed by atoms with Gasteiger partial charge < -0.3 is 14.6 Å². The van der Waals surface area contributed by atoms with Gasteiger partial charge in [0.05, 0.1) is 12.7 Å². The fourth-order valence-electron chi connectivity index (χ4n) is 1.95. The predicted octanol–water partition coefficient (Wildman–Crippen LogP) is 3.13. The second-order valence-electron chi connectivity index (χ2n) is 5.05. The van der Waals surface area contributed by atoms with Gasteiger partial charge in [-0.2, -0.15) is 4.98 Å². The van der Waals surface area contributed by atoms with Gasteiger partial charge in [-0.1, -0.05) is 30.0 Å². The smallest absolute Gasteiger partial charge is 0.297 e. The lowest BCUT2D eigenvalue weighted by Gasteiger charge is -2.14. The van der Waals surface area contributed by atoms with E-state index in [1.165, 1.54) is 11.8 Å². The zero-order valence-electron chi connectivity index (χ0n) is 13.1. The first kappa shape index (κ1) is 16.6. The van der Waals surface area contributed by atoms with Crippen molar-refractivity contribution >= 4 is 23.1 Å². The minimum atomic E-state index is -0.255. The first-order valence-corrected chi connectivity index (χ1v) is 8.41. The number of hydrogen-bond acceptors (Lipinski definition) is 5. The van der Waals surface area contributed by atoms with Crippen molar-refractivity contribution in [2.75, 3.05) is 18.2 Å². The van der Waals surface area contributed by atoms with Crippen molar-refractivity contribution in [3.63, 3.8) is 0 Å². The molecule has 0 saturated carbocycles. The molecule has 0 bridgehead atoms. The van der Waals surface area contributed by atoms with E-state index in [0.717, 1.165) is 5.69 Å². The van der Waals surface area contributed by atoms with Crippen LogP contribution in [0.15, 0.2) is 46.5 Å². The van der Waals surface area contributed by atoms with Crippen LogP contribution in [-0.2, 0) is 11.3 Å². The Bertz CT molecular complexity index is 656. The number of nitrogens with zero attached hydrogens (tertiary/aromatic N) is 2. The van der Waals surface area contributed by atoms with E-state index >= 15 is 0 Å². The number of thioether (sulfide) groups is 1. The van der Waals surface area contributed by atoms with Crippen LogP contribution in [0.4, 0.5) is 11.4 Å². The Hall–Kier alpha value is -1.79. The summed E-state index contributed by atoms with van der Waals surface area (Å²) in [6.07, 6.45) is 3.90. The number of benzene rings is 1. The third-order valence-electron chi connectivity index (χ3n) is 2.98. The highest BCUT2D eigenvalue weighted by atomic mass is 32.2. The zero-order chi connectivity index (χ0) is 15.9. The van der Waals surface area contributed by atoms with Crippen molar-refractivity contribution in [2.45, 2.75) is 31.7 Å². The van der Waals surface area contributed by atoms with Crippen LogP contribution in [0.5, 0.6) is 0 Å². The summed E-state index contributed by atoms with van der Waals surface area (Å²) in [5.74, 6) is 0. The van der Waals surface area contributed by atoms with E-state index in [9.17, 15) is 4.79 Å². The van der Waals surface area contributed by atoms with Gasteiger partial charge in [-0.25, -0.2) is 0 Å². The molecule has 2 aromatic rings. The third-order valence-corrected chi connectivity index (χ3v) is 3.67. The summed E-state index contributed by atoms with van der Waals surface area (Å²) in [4.78, 5) is 16.2. The number of aromatic nitrogens is 2. The average molecular weight is 319 g/mol. The molecule has 0 aliphatic heterocycles. The third kappa shape index (κ3) is 4.61. The molecule has 0 amide bonds. The van der Waals surface area contributed by atoms with Crippen LogP contribution in [0, 0.1) is 0 Å². The monoisotopic (exact) mass is 319 g/mol. The van der Waals surface area contributed by atoms with Crippen LogP contribution in [0.2, 0.25) is 0 Å². The van der Waals surface area contributed by atoms with Crippen LogP contribution >= 0.6 is 11.8 Å². The Balaban J connectivity index is 2.21. The molecule has 0 aliphatic rings. The van der Waals surface area contributed by atoms with Gasteiger partial charge in [-0.3, -0.25) is 4.79 Å². The van der Waals surface area contributed by atoms with E-state index in [1.54, 1.807) is 6.20 Å². The lowest BCUT2D eigenvalue weighted by molar-refractivity contribution is 0.0712. The van der Waals surface area contributed by atoms with Crippen LogP contribution in [-0.4, -0.2) is 28.5 Å². The lowest BCUT2D eigenvalue weighted by Crippen LogP contribution is -2.20. The molecule has 1 aromatic carbocycles. The van der Waals surface area contributed by atoms with Crippen LogP contribution in [0.25, 0.3) is 0 Å². The van der Waals surface area contributed by atoms with E-state index < -0.39 is 0 Å². The molecule has 0 fully saturated rings. The van der Waals surface area contributed by atoms with E-state index in [0.29, 0.717) is 24.0 Å². The summed E-state index contributed by atoms with van der Waals surface area (Å²) < 4.78 is 7.52. The molecule has 0 aliphatic carbocycles. The summed E-state index contributed by atoms with van der Waals surface area (Å²) in [5.41, 5.74) is 1.08. The quantitative estimate of drug-likeness (QED) is 0.627. The maximum Gasteiger partial charge on any atom is 0.297 e. The van der Waals surface area contributed by atoms with E-state index in [-0.39, 0.29) is 11.7 Å². The Kier molecular flexibility index (Phi) is 6.03. The molecule has 6 heteroatoms. The lowest BCUT2D eigenvalue weighted by atomic mass is 10.3. The fourth-order valence-corrected chi connectivity index (χ4v) is 2.50. The normalized spacial score (nSPS) is 10.9. The summed E-state index contributed by atoms with van der Waals surface area (Å²) in [5, 5.41) is 3.81. The van der Waals surface area contributed by atoms with Gasteiger partial charge in [0, 0.05) is 18.4 Å². The standard InChI is InChI=1S/C16H21N3O2S/c1-12(2)21-10-9-19-11-14(15(20)18-16(19)22-3)17-13-7-5-4-6-8-13/h4-8,11-12,17H,9-10H2,1-3H3. The molecule has 0 atom stereocenters. The van der Waals surface area contributed by atoms with Crippen molar-refractivity contribution in [3.8, 4) is 0 Å². The largest absolute Gasteiger partial charge is 0.377 e. The molecule has 1 aromatic heterocycles. The van der Waals surface area contributed by atoms with Gasteiger partial charge in [0.1, 0.15) is 5.69 Å². The summed E-state index contributed by atoms with van der Waals surface area (Å²) in [6, 6.07) is 9.59. The minimum Gasteiger partial charge on any atom is -0.377 e. The first-order chi connectivity index (χ1) is 10.6. The molecule has 22 heavy (non-hydrogen) atoms. The maximum atomic E-state index is 12.1. The minimum absolute atomic E-state index is 0.187. The van der Waals surface area contributed by atoms with Crippen LogP contribution in [0.3, 0.4) is 0 Å². The molecule has 0 unspecified atom stereocenters.